The number of rotatable bonds is 9. The van der Waals surface area contributed by atoms with E-state index in [1.165, 1.54) is 24.8 Å². The molecule has 4 aromatic rings. The second-order valence-corrected chi connectivity index (χ2v) is 13.0. The van der Waals surface area contributed by atoms with Crippen molar-refractivity contribution in [3.8, 4) is 29.0 Å². The number of anilines is 1. The number of fused-ring (bicyclic) bond motifs is 3. The first-order valence-electron chi connectivity index (χ1n) is 16.3. The van der Waals surface area contributed by atoms with Crippen LogP contribution in [0.2, 0.25) is 0 Å². The molecule has 46 heavy (non-hydrogen) atoms. The van der Waals surface area contributed by atoms with E-state index in [0.29, 0.717) is 47.1 Å². The third kappa shape index (κ3) is 5.53. The van der Waals surface area contributed by atoms with E-state index >= 15 is 0 Å². The zero-order valence-corrected chi connectivity index (χ0v) is 26.2. The van der Waals surface area contributed by atoms with E-state index in [2.05, 4.69) is 36.9 Å². The molecule has 5 saturated heterocycles. The Hall–Kier alpha value is -4.31. The van der Waals surface area contributed by atoms with Crippen molar-refractivity contribution in [1.29, 1.82) is 5.26 Å². The first-order valence-corrected chi connectivity index (χ1v) is 16.3. The van der Waals surface area contributed by atoms with Crippen molar-refractivity contribution in [3.05, 3.63) is 60.3 Å². The van der Waals surface area contributed by atoms with Crippen molar-refractivity contribution < 1.29 is 14.2 Å². The predicted octanol–water partition coefficient (Wildman–Crippen LogP) is 3.55. The third-order valence-electron chi connectivity index (χ3n) is 10.3. The average Bonchev–Trinajstić information content (AvgIpc) is 3.75. The molecule has 1 spiro atoms. The van der Waals surface area contributed by atoms with E-state index in [-0.39, 0.29) is 5.60 Å². The summed E-state index contributed by atoms with van der Waals surface area (Å²) in [5.74, 6) is 2.20. The van der Waals surface area contributed by atoms with Gasteiger partial charge in [0.2, 0.25) is 5.88 Å². The third-order valence-corrected chi connectivity index (χ3v) is 10.3. The van der Waals surface area contributed by atoms with Crippen molar-refractivity contribution in [1.82, 2.24) is 34.4 Å². The van der Waals surface area contributed by atoms with Crippen LogP contribution in [-0.4, -0.2) is 105 Å². The minimum Gasteiger partial charge on any atom is -0.491 e. The van der Waals surface area contributed by atoms with E-state index in [1.807, 2.05) is 30.7 Å². The highest BCUT2D eigenvalue weighted by atomic mass is 16.5. The van der Waals surface area contributed by atoms with Crippen LogP contribution in [0.5, 0.6) is 11.6 Å². The van der Waals surface area contributed by atoms with Crippen LogP contribution in [0.4, 0.5) is 5.82 Å². The molecular weight excluding hydrogens is 582 g/mol. The van der Waals surface area contributed by atoms with Gasteiger partial charge in [0.1, 0.15) is 24.2 Å². The molecule has 5 aliphatic rings. The molecule has 0 saturated carbocycles. The number of hydrogen-bond acceptors (Lipinski definition) is 11. The van der Waals surface area contributed by atoms with Crippen LogP contribution in [-0.2, 0) is 11.3 Å². The molecular formula is C34H39N9O3. The molecule has 5 fully saturated rings. The Kier molecular flexibility index (Phi) is 7.68. The van der Waals surface area contributed by atoms with E-state index in [4.69, 9.17) is 24.2 Å². The Bertz CT molecular complexity index is 1710. The van der Waals surface area contributed by atoms with Crippen molar-refractivity contribution in [2.24, 2.45) is 0 Å². The number of likely N-dealkylation sites (tertiary alicyclic amines) is 1. The number of piperazine rings is 1. The maximum absolute atomic E-state index is 9.80. The Balaban J connectivity index is 0.929. The largest absolute Gasteiger partial charge is 0.491 e. The van der Waals surface area contributed by atoms with Gasteiger partial charge in [-0.05, 0) is 43.7 Å². The van der Waals surface area contributed by atoms with Gasteiger partial charge >= 0.3 is 0 Å². The normalized spacial score (nSPS) is 22.6. The standard InChI is InChI=1S/C34H39N9O3/c1-44-32-4-3-24(16-38-32)20-42-26-13-27(42)22-41(21-26)31-19-36-30(18-37-31)29-14-28(23-43-33(29)25(15-35)17-39-43)45-12-10-40-8-6-34(7-9-40)5-2-11-46-34/h3-4,14,16-19,23,26-27H,2,5-13,20-22H2,1H3/t26-,27+. The highest BCUT2D eigenvalue weighted by molar-refractivity contribution is 5.83. The minimum absolute atomic E-state index is 0.122. The summed E-state index contributed by atoms with van der Waals surface area (Å²) in [5, 5.41) is 14.2. The highest BCUT2D eigenvalue weighted by Gasteiger charge is 2.44. The highest BCUT2D eigenvalue weighted by Crippen LogP contribution is 2.37. The summed E-state index contributed by atoms with van der Waals surface area (Å²) in [5.41, 5.74) is 3.98. The van der Waals surface area contributed by atoms with Gasteiger partial charge in [0.05, 0.1) is 54.3 Å². The summed E-state index contributed by atoms with van der Waals surface area (Å²) in [6, 6.07) is 9.19. The van der Waals surface area contributed by atoms with Gasteiger partial charge in [-0.15, -0.1) is 0 Å². The molecule has 238 valence electrons. The maximum Gasteiger partial charge on any atom is 0.212 e. The lowest BCUT2D eigenvalue weighted by molar-refractivity contribution is -0.0446. The van der Waals surface area contributed by atoms with Gasteiger partial charge in [-0.2, -0.15) is 10.4 Å². The van der Waals surface area contributed by atoms with Gasteiger partial charge in [-0.3, -0.25) is 14.8 Å². The van der Waals surface area contributed by atoms with E-state index < -0.39 is 0 Å². The number of ether oxygens (including phenoxy) is 3. The van der Waals surface area contributed by atoms with Gasteiger partial charge in [-0.1, -0.05) is 6.07 Å². The van der Waals surface area contributed by atoms with Crippen molar-refractivity contribution in [2.45, 2.75) is 56.3 Å². The van der Waals surface area contributed by atoms with Crippen molar-refractivity contribution in [2.75, 3.05) is 57.9 Å². The molecule has 4 aromatic heterocycles. The molecule has 0 radical (unpaired) electrons. The zero-order chi connectivity index (χ0) is 31.1. The summed E-state index contributed by atoms with van der Waals surface area (Å²) >= 11 is 0. The van der Waals surface area contributed by atoms with Crippen molar-refractivity contribution in [3.63, 3.8) is 0 Å². The van der Waals surface area contributed by atoms with Crippen molar-refractivity contribution >= 4 is 11.3 Å². The fourth-order valence-electron chi connectivity index (χ4n) is 7.67. The number of nitriles is 1. The van der Waals surface area contributed by atoms with E-state index in [9.17, 15) is 5.26 Å². The van der Waals surface area contributed by atoms with Gasteiger partial charge < -0.3 is 19.1 Å². The monoisotopic (exact) mass is 621 g/mol. The molecule has 0 aromatic carbocycles. The lowest BCUT2D eigenvalue weighted by Crippen LogP contribution is -2.68. The molecule has 5 aliphatic heterocycles. The Morgan fingerprint density at radius 2 is 1.91 bits per heavy atom. The summed E-state index contributed by atoms with van der Waals surface area (Å²) in [6.45, 7) is 7.12. The lowest BCUT2D eigenvalue weighted by atomic mass is 9.87. The number of piperidine rings is 2. The molecule has 12 nitrogen and oxygen atoms in total. The second kappa shape index (κ2) is 12.1. The van der Waals surface area contributed by atoms with Crippen LogP contribution in [0.25, 0.3) is 16.8 Å². The molecule has 0 aliphatic carbocycles. The smallest absolute Gasteiger partial charge is 0.212 e. The van der Waals surface area contributed by atoms with E-state index in [0.717, 1.165) is 70.1 Å². The molecule has 0 unspecified atom stereocenters. The number of hydrogen-bond donors (Lipinski definition) is 0. The van der Waals surface area contributed by atoms with Crippen LogP contribution in [0.1, 0.15) is 43.2 Å². The lowest BCUT2D eigenvalue weighted by Gasteiger charge is -2.56. The van der Waals surface area contributed by atoms with Crippen LogP contribution < -0.4 is 14.4 Å². The fraction of sp³-hybridized carbons (Fsp3) is 0.500. The molecule has 2 atom stereocenters. The number of nitrogens with zero attached hydrogens (tertiary/aromatic N) is 9. The molecule has 2 bridgehead atoms. The fourth-order valence-corrected chi connectivity index (χ4v) is 7.67. The molecule has 9 heterocycles. The summed E-state index contributed by atoms with van der Waals surface area (Å²) in [7, 11) is 1.64. The summed E-state index contributed by atoms with van der Waals surface area (Å²) in [6.07, 6.45) is 14.8. The van der Waals surface area contributed by atoms with Gasteiger partial charge in [0.15, 0.2) is 0 Å². The van der Waals surface area contributed by atoms with Gasteiger partial charge in [0.25, 0.3) is 0 Å². The number of aromatic nitrogens is 5. The van der Waals surface area contributed by atoms with Gasteiger partial charge in [0, 0.05) is 75.8 Å². The first kappa shape index (κ1) is 29.1. The van der Waals surface area contributed by atoms with Crippen LogP contribution in [0.3, 0.4) is 0 Å². The quantitative estimate of drug-likeness (QED) is 0.273. The predicted molar refractivity (Wildman–Crippen MR) is 171 cm³/mol. The molecule has 12 heteroatoms. The minimum atomic E-state index is 0.122. The summed E-state index contributed by atoms with van der Waals surface area (Å²) < 4.78 is 19.2. The van der Waals surface area contributed by atoms with Crippen LogP contribution in [0, 0.1) is 11.3 Å². The topological polar surface area (TPSA) is 117 Å². The van der Waals surface area contributed by atoms with Crippen LogP contribution in [0.15, 0.2) is 49.2 Å². The Morgan fingerprint density at radius 1 is 1.04 bits per heavy atom. The SMILES string of the molecule is COc1ccc(CN2[C@@H]3C[C@H]2CN(c2cnc(-c4cc(OCCN5CCC6(CCCO6)CC5)cn5ncc(C#N)c45)cn2)C3)cn1. The Labute approximate surface area is 268 Å². The van der Waals surface area contributed by atoms with Gasteiger partial charge in [-0.25, -0.2) is 14.5 Å². The summed E-state index contributed by atoms with van der Waals surface area (Å²) in [4.78, 5) is 21.4. The molecule has 0 N–H and O–H groups in total. The number of methoxy groups -OCH3 is 1. The van der Waals surface area contributed by atoms with Crippen LogP contribution >= 0.6 is 0 Å². The average molecular weight is 622 g/mol. The molecule has 9 rings (SSSR count). The number of pyridine rings is 2. The van der Waals surface area contributed by atoms with E-state index in [1.54, 1.807) is 24.0 Å². The second-order valence-electron chi connectivity index (χ2n) is 13.0. The first-order chi connectivity index (χ1) is 22.6. The Morgan fingerprint density at radius 3 is 2.61 bits per heavy atom. The zero-order valence-electron chi connectivity index (χ0n) is 26.2. The maximum atomic E-state index is 9.80. The molecule has 0 amide bonds.